The molecule has 0 aliphatic rings. The average molecular weight is 339 g/mol. The number of sulfonamides is 1. The zero-order valence-electron chi connectivity index (χ0n) is 12.7. The van der Waals surface area contributed by atoms with Crippen molar-refractivity contribution < 1.29 is 17.8 Å². The summed E-state index contributed by atoms with van der Waals surface area (Å²) in [6, 6.07) is 8.34. The van der Waals surface area contributed by atoms with E-state index >= 15 is 0 Å². The smallest absolute Gasteiger partial charge is 0.289 e. The molecular formula is C14H17N3O5S. The first-order valence-corrected chi connectivity index (χ1v) is 8.24. The second-order valence-electron chi connectivity index (χ2n) is 5.07. The van der Waals surface area contributed by atoms with Crippen LogP contribution >= 0.6 is 0 Å². The van der Waals surface area contributed by atoms with Crippen LogP contribution in [0.1, 0.15) is 11.8 Å². The van der Waals surface area contributed by atoms with Gasteiger partial charge in [-0.3, -0.25) is 15.0 Å². The fourth-order valence-electron chi connectivity index (χ4n) is 2.12. The van der Waals surface area contributed by atoms with Crippen LogP contribution in [0.3, 0.4) is 0 Å². The van der Waals surface area contributed by atoms with Gasteiger partial charge in [-0.25, -0.2) is 13.1 Å². The molecule has 0 aliphatic heterocycles. The molecule has 1 atom stereocenters. The summed E-state index contributed by atoms with van der Waals surface area (Å²) < 4.78 is 32.5. The molecule has 8 nitrogen and oxygen atoms in total. The van der Waals surface area contributed by atoms with E-state index < -0.39 is 20.6 Å². The maximum absolute atomic E-state index is 12.4. The van der Waals surface area contributed by atoms with Crippen molar-refractivity contribution in [1.82, 2.24) is 9.62 Å². The van der Waals surface area contributed by atoms with Gasteiger partial charge in [0.15, 0.2) is 4.90 Å². The Bertz CT molecular complexity index is 771. The molecule has 0 spiro atoms. The molecule has 0 bridgehead atoms. The molecule has 2 rings (SSSR count). The Morgan fingerprint density at radius 2 is 1.96 bits per heavy atom. The molecule has 0 saturated heterocycles. The summed E-state index contributed by atoms with van der Waals surface area (Å²) in [6.45, 7) is 0.0227. The van der Waals surface area contributed by atoms with E-state index in [2.05, 4.69) is 4.72 Å². The lowest BCUT2D eigenvalue weighted by Gasteiger charge is -2.22. The number of para-hydroxylation sites is 1. The Morgan fingerprint density at radius 1 is 1.26 bits per heavy atom. The quantitative estimate of drug-likeness (QED) is 0.609. The van der Waals surface area contributed by atoms with Gasteiger partial charge in [0, 0.05) is 12.6 Å². The summed E-state index contributed by atoms with van der Waals surface area (Å²) in [4.78, 5) is 11.7. The second-order valence-corrected chi connectivity index (χ2v) is 6.81. The van der Waals surface area contributed by atoms with Crippen molar-refractivity contribution in [2.45, 2.75) is 10.9 Å². The summed E-state index contributed by atoms with van der Waals surface area (Å²) in [5.41, 5.74) is -0.459. The lowest BCUT2D eigenvalue weighted by atomic mass is 10.2. The minimum absolute atomic E-state index is 0.0227. The summed E-state index contributed by atoms with van der Waals surface area (Å²) in [5.74, 6) is 0.597. The highest BCUT2D eigenvalue weighted by Gasteiger charge is 2.27. The van der Waals surface area contributed by atoms with Crippen LogP contribution in [0, 0.1) is 10.1 Å². The van der Waals surface area contributed by atoms with Gasteiger partial charge >= 0.3 is 0 Å². The third-order valence-electron chi connectivity index (χ3n) is 3.31. The Labute approximate surface area is 133 Å². The van der Waals surface area contributed by atoms with Crippen molar-refractivity contribution in [2.24, 2.45) is 0 Å². The van der Waals surface area contributed by atoms with Gasteiger partial charge in [0.25, 0.3) is 5.69 Å². The van der Waals surface area contributed by atoms with Crippen LogP contribution in [0.25, 0.3) is 0 Å². The Hall–Kier alpha value is -2.23. The number of furan rings is 1. The van der Waals surface area contributed by atoms with E-state index in [0.717, 1.165) is 6.07 Å². The minimum atomic E-state index is -4.02. The highest BCUT2D eigenvalue weighted by atomic mass is 32.2. The number of rotatable bonds is 7. The molecule has 124 valence electrons. The number of hydrogen-bond acceptors (Lipinski definition) is 6. The first kappa shape index (κ1) is 17.1. The van der Waals surface area contributed by atoms with E-state index in [9.17, 15) is 18.5 Å². The summed E-state index contributed by atoms with van der Waals surface area (Å²) in [7, 11) is -0.447. The Kier molecular flexibility index (Phi) is 5.14. The molecule has 23 heavy (non-hydrogen) atoms. The maximum Gasteiger partial charge on any atom is 0.289 e. The lowest BCUT2D eigenvalue weighted by Crippen LogP contribution is -2.34. The zero-order chi connectivity index (χ0) is 17.0. The molecule has 1 aromatic carbocycles. The van der Waals surface area contributed by atoms with Crippen LogP contribution < -0.4 is 4.72 Å². The van der Waals surface area contributed by atoms with Crippen LogP contribution in [-0.2, 0) is 10.0 Å². The van der Waals surface area contributed by atoms with Gasteiger partial charge in [0.1, 0.15) is 5.76 Å². The highest BCUT2D eigenvalue weighted by molar-refractivity contribution is 7.89. The number of nitrogens with zero attached hydrogens (tertiary/aromatic N) is 2. The largest absolute Gasteiger partial charge is 0.468 e. The number of hydrogen-bond donors (Lipinski definition) is 1. The molecule has 1 N–H and O–H groups in total. The van der Waals surface area contributed by atoms with Crippen LogP contribution in [0.15, 0.2) is 52.0 Å². The number of nitro groups is 1. The van der Waals surface area contributed by atoms with Gasteiger partial charge in [0.05, 0.1) is 17.2 Å². The average Bonchev–Trinajstić information content (AvgIpc) is 3.01. The summed E-state index contributed by atoms with van der Waals surface area (Å²) in [6.07, 6.45) is 1.50. The van der Waals surface area contributed by atoms with Crippen molar-refractivity contribution in [3.8, 4) is 0 Å². The van der Waals surface area contributed by atoms with E-state index in [1.54, 1.807) is 31.1 Å². The lowest BCUT2D eigenvalue weighted by molar-refractivity contribution is -0.387. The Morgan fingerprint density at radius 3 is 2.52 bits per heavy atom. The third-order valence-corrected chi connectivity index (χ3v) is 4.78. The highest BCUT2D eigenvalue weighted by Crippen LogP contribution is 2.24. The number of nitro benzene ring substituents is 1. The van der Waals surface area contributed by atoms with Crippen molar-refractivity contribution in [2.75, 3.05) is 20.6 Å². The number of nitrogens with one attached hydrogen (secondary N) is 1. The fourth-order valence-corrected chi connectivity index (χ4v) is 3.33. The molecule has 2 aromatic rings. The molecule has 0 saturated carbocycles. The molecule has 1 heterocycles. The van der Waals surface area contributed by atoms with Crippen molar-refractivity contribution in [1.29, 1.82) is 0 Å². The van der Waals surface area contributed by atoms with Crippen molar-refractivity contribution in [3.05, 3.63) is 58.5 Å². The Balaban J connectivity index is 2.23. The number of benzene rings is 1. The molecule has 0 radical (unpaired) electrons. The van der Waals surface area contributed by atoms with Crippen molar-refractivity contribution in [3.63, 3.8) is 0 Å². The topological polar surface area (TPSA) is 106 Å². The maximum atomic E-state index is 12.4. The van der Waals surface area contributed by atoms with E-state index in [0.29, 0.717) is 5.76 Å². The SMILES string of the molecule is CN(C)[C@H](CNS(=O)(=O)c1ccccc1[N+](=O)[O-])c1ccco1. The predicted molar refractivity (Wildman–Crippen MR) is 83.4 cm³/mol. The molecule has 1 aromatic heterocycles. The van der Waals surface area contributed by atoms with Gasteiger partial charge in [-0.1, -0.05) is 12.1 Å². The van der Waals surface area contributed by atoms with Gasteiger partial charge < -0.3 is 4.42 Å². The third kappa shape index (κ3) is 3.95. The molecule has 0 unspecified atom stereocenters. The normalized spacial score (nSPS) is 13.2. The van der Waals surface area contributed by atoms with E-state index in [-0.39, 0.29) is 17.5 Å². The second kappa shape index (κ2) is 6.90. The standard InChI is InChI=1S/C14H17N3O5S/c1-16(2)12(13-7-5-9-22-13)10-15-23(20,21)14-8-4-3-6-11(14)17(18)19/h3-9,12,15H,10H2,1-2H3/t12-/m1/s1. The molecule has 0 amide bonds. The molecule has 0 fully saturated rings. The van der Waals surface area contributed by atoms with E-state index in [1.165, 1.54) is 24.5 Å². The van der Waals surface area contributed by atoms with Crippen LogP contribution in [-0.4, -0.2) is 38.9 Å². The molecule has 0 aliphatic carbocycles. The first-order valence-electron chi connectivity index (χ1n) is 6.76. The molecule has 9 heteroatoms. The van der Waals surface area contributed by atoms with Crippen LogP contribution in [0.5, 0.6) is 0 Å². The van der Waals surface area contributed by atoms with E-state index in [1.807, 2.05) is 0 Å². The van der Waals surface area contributed by atoms with Crippen LogP contribution in [0.4, 0.5) is 5.69 Å². The van der Waals surface area contributed by atoms with Gasteiger partial charge in [0.2, 0.25) is 10.0 Å². The predicted octanol–water partition coefficient (Wildman–Crippen LogP) is 1.77. The van der Waals surface area contributed by atoms with Crippen LogP contribution in [0.2, 0.25) is 0 Å². The first-order chi connectivity index (χ1) is 10.8. The summed E-state index contributed by atoms with van der Waals surface area (Å²) in [5, 5.41) is 11.0. The van der Waals surface area contributed by atoms with Gasteiger partial charge in [-0.15, -0.1) is 0 Å². The monoisotopic (exact) mass is 339 g/mol. The fraction of sp³-hybridized carbons (Fsp3) is 0.286. The van der Waals surface area contributed by atoms with Gasteiger partial charge in [-0.2, -0.15) is 0 Å². The summed E-state index contributed by atoms with van der Waals surface area (Å²) >= 11 is 0. The minimum Gasteiger partial charge on any atom is -0.468 e. The zero-order valence-corrected chi connectivity index (χ0v) is 13.5. The number of likely N-dealkylation sites (N-methyl/N-ethyl adjacent to an activating group) is 1. The van der Waals surface area contributed by atoms with Crippen molar-refractivity contribution >= 4 is 15.7 Å². The van der Waals surface area contributed by atoms with E-state index in [4.69, 9.17) is 4.42 Å². The molecular weight excluding hydrogens is 322 g/mol. The van der Waals surface area contributed by atoms with Gasteiger partial charge in [-0.05, 0) is 32.3 Å².